The quantitative estimate of drug-likeness (QED) is 0.462. The molecule has 0 amide bonds. The molecule has 1 heterocycles. The van der Waals surface area contributed by atoms with Gasteiger partial charge in [-0.15, -0.1) is 0 Å². The monoisotopic (exact) mass is 224 g/mol. The maximum Gasteiger partial charge on any atom is 0.0610 e. The van der Waals surface area contributed by atoms with Crippen LogP contribution >= 0.6 is 0 Å². The molecule has 94 valence electrons. The highest BCUT2D eigenvalue weighted by Crippen LogP contribution is 2.20. The van der Waals surface area contributed by atoms with E-state index in [1.54, 1.807) is 0 Å². The fourth-order valence-electron chi connectivity index (χ4n) is 2.32. The van der Waals surface area contributed by atoms with Gasteiger partial charge in [0.1, 0.15) is 0 Å². The number of unbranched alkanes of at least 4 members (excludes halogenated alkanes) is 3. The number of rotatable bonds is 6. The normalized spacial score (nSPS) is 28.4. The molecule has 0 fully saturated rings. The third-order valence-electron chi connectivity index (χ3n) is 3.44. The highest BCUT2D eigenvalue weighted by molar-refractivity contribution is 4.87. The zero-order valence-corrected chi connectivity index (χ0v) is 11.1. The number of ether oxygens (including phenoxy) is 1. The van der Waals surface area contributed by atoms with Crippen molar-refractivity contribution in [2.45, 2.75) is 83.8 Å². The van der Waals surface area contributed by atoms with Crippen LogP contribution in [0, 0.1) is 0 Å². The molecule has 0 unspecified atom stereocenters. The van der Waals surface area contributed by atoms with E-state index in [1.807, 2.05) is 0 Å². The van der Waals surface area contributed by atoms with Gasteiger partial charge in [-0.2, -0.15) is 0 Å². The van der Waals surface area contributed by atoms with Gasteiger partial charge in [0.05, 0.1) is 12.2 Å². The van der Waals surface area contributed by atoms with E-state index < -0.39 is 0 Å². The molecule has 0 bridgehead atoms. The van der Waals surface area contributed by atoms with Gasteiger partial charge in [0.15, 0.2) is 0 Å². The van der Waals surface area contributed by atoms with Gasteiger partial charge < -0.3 is 4.74 Å². The summed E-state index contributed by atoms with van der Waals surface area (Å²) in [6.45, 7) is 4.50. The Morgan fingerprint density at radius 3 is 2.69 bits per heavy atom. The van der Waals surface area contributed by atoms with E-state index in [9.17, 15) is 0 Å². The van der Waals surface area contributed by atoms with E-state index in [1.165, 1.54) is 44.9 Å². The molecule has 1 nitrogen and oxygen atoms in total. The van der Waals surface area contributed by atoms with Gasteiger partial charge in [0.25, 0.3) is 0 Å². The van der Waals surface area contributed by atoms with Crippen LogP contribution in [0.2, 0.25) is 0 Å². The molecule has 0 saturated heterocycles. The number of hydrogen-bond acceptors (Lipinski definition) is 1. The molecule has 1 heteroatoms. The van der Waals surface area contributed by atoms with Gasteiger partial charge in [-0.25, -0.2) is 0 Å². The Balaban J connectivity index is 2.24. The first-order valence-corrected chi connectivity index (χ1v) is 7.17. The maximum absolute atomic E-state index is 6.17. The minimum Gasteiger partial charge on any atom is -0.375 e. The third kappa shape index (κ3) is 5.69. The molecule has 0 radical (unpaired) electrons. The molecule has 1 rings (SSSR count). The topological polar surface area (TPSA) is 9.23 Å². The third-order valence-corrected chi connectivity index (χ3v) is 3.44. The van der Waals surface area contributed by atoms with Crippen molar-refractivity contribution < 1.29 is 4.74 Å². The minimum absolute atomic E-state index is 0.465. The van der Waals surface area contributed by atoms with Crippen LogP contribution in [-0.4, -0.2) is 12.2 Å². The number of allylic oxidation sites excluding steroid dienone is 1. The van der Waals surface area contributed by atoms with Crippen molar-refractivity contribution >= 4 is 0 Å². The molecule has 0 spiro atoms. The highest BCUT2D eigenvalue weighted by atomic mass is 16.5. The first-order chi connectivity index (χ1) is 7.86. The molecule has 0 N–H and O–H groups in total. The van der Waals surface area contributed by atoms with Crippen molar-refractivity contribution in [2.24, 2.45) is 0 Å². The summed E-state index contributed by atoms with van der Waals surface area (Å²) in [7, 11) is 0. The Morgan fingerprint density at radius 1 is 1.06 bits per heavy atom. The van der Waals surface area contributed by atoms with Gasteiger partial charge in [0.2, 0.25) is 0 Å². The van der Waals surface area contributed by atoms with Crippen molar-refractivity contribution in [3.63, 3.8) is 0 Å². The Labute approximate surface area is 101 Å². The minimum atomic E-state index is 0.465. The van der Waals surface area contributed by atoms with Gasteiger partial charge >= 0.3 is 0 Å². The predicted molar refractivity (Wildman–Crippen MR) is 70.7 cm³/mol. The number of hydrogen-bond donors (Lipinski definition) is 0. The van der Waals surface area contributed by atoms with E-state index in [0.29, 0.717) is 12.2 Å². The van der Waals surface area contributed by atoms with Crippen LogP contribution < -0.4 is 0 Å². The second-order valence-electron chi connectivity index (χ2n) is 4.92. The molecular formula is C15H28O. The van der Waals surface area contributed by atoms with Gasteiger partial charge in [-0.1, -0.05) is 51.7 Å². The SMILES string of the molecule is CCCCCC[C@@H]1CC/C=C\C[C@@H](CC)O1. The summed E-state index contributed by atoms with van der Waals surface area (Å²) < 4.78 is 6.17. The van der Waals surface area contributed by atoms with Crippen molar-refractivity contribution in [3.8, 4) is 0 Å². The second kappa shape index (κ2) is 8.81. The fourth-order valence-corrected chi connectivity index (χ4v) is 2.32. The Morgan fingerprint density at radius 2 is 1.94 bits per heavy atom. The van der Waals surface area contributed by atoms with Crippen molar-refractivity contribution in [1.82, 2.24) is 0 Å². The Bertz CT molecular complexity index is 186. The molecule has 16 heavy (non-hydrogen) atoms. The molecule has 1 aliphatic rings. The molecule has 0 aromatic heterocycles. The largest absolute Gasteiger partial charge is 0.375 e. The molecule has 0 saturated carbocycles. The van der Waals surface area contributed by atoms with Crippen LogP contribution in [0.5, 0.6) is 0 Å². The van der Waals surface area contributed by atoms with Gasteiger partial charge in [0, 0.05) is 0 Å². The first kappa shape index (κ1) is 13.8. The van der Waals surface area contributed by atoms with E-state index >= 15 is 0 Å². The average Bonchev–Trinajstić information content (AvgIpc) is 2.27. The molecular weight excluding hydrogens is 196 g/mol. The van der Waals surface area contributed by atoms with Crippen LogP contribution in [0.1, 0.15) is 71.6 Å². The summed E-state index contributed by atoms with van der Waals surface area (Å²) in [4.78, 5) is 0. The van der Waals surface area contributed by atoms with Crippen molar-refractivity contribution in [2.75, 3.05) is 0 Å². The zero-order valence-electron chi connectivity index (χ0n) is 11.1. The smallest absolute Gasteiger partial charge is 0.0610 e. The van der Waals surface area contributed by atoms with E-state index in [2.05, 4.69) is 26.0 Å². The maximum atomic E-state index is 6.17. The molecule has 1 aliphatic heterocycles. The van der Waals surface area contributed by atoms with Crippen LogP contribution in [0.15, 0.2) is 12.2 Å². The van der Waals surface area contributed by atoms with Gasteiger partial charge in [-0.05, 0) is 32.1 Å². The van der Waals surface area contributed by atoms with E-state index in [-0.39, 0.29) is 0 Å². The van der Waals surface area contributed by atoms with Crippen LogP contribution in [0.3, 0.4) is 0 Å². The summed E-state index contributed by atoms with van der Waals surface area (Å²) in [6.07, 6.45) is 17.0. The fraction of sp³-hybridized carbons (Fsp3) is 0.867. The lowest BCUT2D eigenvalue weighted by atomic mass is 10.0. The van der Waals surface area contributed by atoms with Crippen LogP contribution in [0.4, 0.5) is 0 Å². The molecule has 0 aromatic carbocycles. The predicted octanol–water partition coefficient (Wildman–Crippen LogP) is 4.86. The standard InChI is InChI=1S/C15H28O/c1-3-5-6-8-12-15-13-10-7-9-11-14(4-2)16-15/h7,9,14-15H,3-6,8,10-13H2,1-2H3/b9-7-/t14-,15-/m1/s1. The lowest BCUT2D eigenvalue weighted by Crippen LogP contribution is -2.22. The molecule has 0 aromatic rings. The van der Waals surface area contributed by atoms with Crippen LogP contribution in [-0.2, 0) is 4.74 Å². The first-order valence-electron chi connectivity index (χ1n) is 7.17. The van der Waals surface area contributed by atoms with E-state index in [0.717, 1.165) is 12.8 Å². The molecule has 0 aliphatic carbocycles. The Hall–Kier alpha value is -0.300. The van der Waals surface area contributed by atoms with Crippen molar-refractivity contribution in [3.05, 3.63) is 12.2 Å². The van der Waals surface area contributed by atoms with Crippen LogP contribution in [0.25, 0.3) is 0 Å². The lowest BCUT2D eigenvalue weighted by molar-refractivity contribution is -0.0227. The molecule has 2 atom stereocenters. The van der Waals surface area contributed by atoms with Gasteiger partial charge in [-0.3, -0.25) is 0 Å². The summed E-state index contributed by atoms with van der Waals surface area (Å²) in [5.74, 6) is 0. The zero-order chi connectivity index (χ0) is 11.6. The summed E-state index contributed by atoms with van der Waals surface area (Å²) in [6, 6.07) is 0. The van der Waals surface area contributed by atoms with Crippen molar-refractivity contribution in [1.29, 1.82) is 0 Å². The average molecular weight is 224 g/mol. The second-order valence-corrected chi connectivity index (χ2v) is 4.92. The summed E-state index contributed by atoms with van der Waals surface area (Å²) in [5, 5.41) is 0. The summed E-state index contributed by atoms with van der Waals surface area (Å²) >= 11 is 0. The Kier molecular flexibility index (Phi) is 7.58. The highest BCUT2D eigenvalue weighted by Gasteiger charge is 2.15. The van der Waals surface area contributed by atoms with E-state index in [4.69, 9.17) is 4.74 Å². The lowest BCUT2D eigenvalue weighted by Gasteiger charge is -2.25. The summed E-state index contributed by atoms with van der Waals surface area (Å²) in [5.41, 5.74) is 0.